The lowest BCUT2D eigenvalue weighted by Gasteiger charge is -2.35. The lowest BCUT2D eigenvalue weighted by molar-refractivity contribution is 0.768. The minimum Gasteiger partial charge on any atom is -0.309 e. The first kappa shape index (κ1) is 43.1. The van der Waals surface area contributed by atoms with E-state index in [0.29, 0.717) is 0 Å². The van der Waals surface area contributed by atoms with Crippen molar-refractivity contribution < 1.29 is 0 Å². The molecule has 0 N–H and O–H groups in total. The highest BCUT2D eigenvalue weighted by Gasteiger charge is 2.52. The van der Waals surface area contributed by atoms with E-state index in [1.54, 1.807) is 0 Å². The van der Waals surface area contributed by atoms with Gasteiger partial charge in [0.15, 0.2) is 0 Å². The van der Waals surface area contributed by atoms with Gasteiger partial charge in [-0.3, -0.25) is 0 Å². The molecule has 0 aromatic heterocycles. The van der Waals surface area contributed by atoms with E-state index in [9.17, 15) is 0 Å². The van der Waals surface area contributed by atoms with Crippen molar-refractivity contribution in [2.24, 2.45) is 0 Å². The van der Waals surface area contributed by atoms with Crippen molar-refractivity contribution in [2.45, 2.75) is 10.8 Å². The van der Waals surface area contributed by atoms with Gasteiger partial charge in [0.1, 0.15) is 0 Å². The SMILES string of the molecule is c1ccc(-c2ccccc2-c2c(-c3ccccc3)cccc2N(c2ccc3c(c2)C2(c4ccccc4-c4ccccc42)c2ccccc2-3)c2cccc3c2-c2ccccc2C3(c2ccccc2)c2ccccc2)cc1. The van der Waals surface area contributed by atoms with Crippen molar-refractivity contribution in [1.29, 1.82) is 0 Å². The minimum absolute atomic E-state index is 0.531. The summed E-state index contributed by atoms with van der Waals surface area (Å²) in [4.78, 5) is 2.62. The van der Waals surface area contributed by atoms with Gasteiger partial charge in [-0.1, -0.05) is 273 Å². The Labute approximate surface area is 439 Å². The Hall–Kier alpha value is -9.56. The zero-order chi connectivity index (χ0) is 49.5. The van der Waals surface area contributed by atoms with Crippen molar-refractivity contribution in [3.05, 3.63) is 342 Å². The lowest BCUT2D eigenvalue weighted by atomic mass is 9.68. The summed E-state index contributed by atoms with van der Waals surface area (Å²) in [5.41, 5.74) is 27.1. The maximum absolute atomic E-state index is 2.62. The molecule has 0 heterocycles. The van der Waals surface area contributed by atoms with Crippen LogP contribution in [-0.4, -0.2) is 0 Å². The van der Waals surface area contributed by atoms with Gasteiger partial charge in [-0.2, -0.15) is 0 Å². The Morgan fingerprint density at radius 3 is 1.13 bits per heavy atom. The summed E-state index contributed by atoms with van der Waals surface area (Å²) < 4.78 is 0. The molecule has 75 heavy (non-hydrogen) atoms. The van der Waals surface area contributed by atoms with Crippen LogP contribution in [-0.2, 0) is 10.8 Å². The van der Waals surface area contributed by atoms with E-state index in [1.807, 2.05) is 0 Å². The number of rotatable bonds is 8. The molecule has 0 atom stereocenters. The quantitative estimate of drug-likeness (QED) is 0.147. The molecule has 3 aliphatic rings. The second-order valence-corrected chi connectivity index (χ2v) is 20.2. The molecule has 0 aliphatic heterocycles. The molecular formula is C74H49N. The molecule has 0 saturated carbocycles. The van der Waals surface area contributed by atoms with E-state index < -0.39 is 10.8 Å². The molecule has 0 bridgehead atoms. The third kappa shape index (κ3) is 6.13. The van der Waals surface area contributed by atoms with Crippen LogP contribution in [0.2, 0.25) is 0 Å². The highest BCUT2D eigenvalue weighted by atomic mass is 15.1. The Kier molecular flexibility index (Phi) is 9.77. The highest BCUT2D eigenvalue weighted by molar-refractivity contribution is 6.05. The fourth-order valence-electron chi connectivity index (χ4n) is 13.7. The molecule has 0 saturated heterocycles. The van der Waals surface area contributed by atoms with Gasteiger partial charge in [-0.05, 0) is 124 Å². The van der Waals surface area contributed by atoms with Gasteiger partial charge < -0.3 is 4.90 Å². The molecule has 350 valence electrons. The average Bonchev–Trinajstić information content (AvgIpc) is 4.18. The maximum Gasteiger partial charge on any atom is 0.0726 e. The fourth-order valence-corrected chi connectivity index (χ4v) is 13.7. The van der Waals surface area contributed by atoms with Crippen molar-refractivity contribution in [3.8, 4) is 66.8 Å². The lowest BCUT2D eigenvalue weighted by Crippen LogP contribution is -2.28. The maximum atomic E-state index is 2.62. The van der Waals surface area contributed by atoms with Gasteiger partial charge >= 0.3 is 0 Å². The van der Waals surface area contributed by atoms with E-state index in [2.05, 4.69) is 302 Å². The van der Waals surface area contributed by atoms with Crippen LogP contribution in [0.3, 0.4) is 0 Å². The van der Waals surface area contributed by atoms with E-state index in [1.165, 1.54) is 106 Å². The zero-order valence-electron chi connectivity index (χ0n) is 41.2. The van der Waals surface area contributed by atoms with Crippen LogP contribution in [0.1, 0.15) is 44.5 Å². The summed E-state index contributed by atoms with van der Waals surface area (Å²) in [6, 6.07) is 111. The summed E-state index contributed by atoms with van der Waals surface area (Å²) in [5, 5.41) is 0. The Bertz CT molecular complexity index is 4070. The van der Waals surface area contributed by atoms with E-state index in [0.717, 1.165) is 22.6 Å². The topological polar surface area (TPSA) is 3.24 Å². The van der Waals surface area contributed by atoms with Gasteiger partial charge in [-0.15, -0.1) is 0 Å². The van der Waals surface area contributed by atoms with Gasteiger partial charge in [0.2, 0.25) is 0 Å². The zero-order valence-corrected chi connectivity index (χ0v) is 41.2. The Morgan fingerprint density at radius 1 is 0.213 bits per heavy atom. The summed E-state index contributed by atoms with van der Waals surface area (Å²) in [5.74, 6) is 0. The summed E-state index contributed by atoms with van der Waals surface area (Å²) in [6.07, 6.45) is 0. The Morgan fingerprint density at radius 2 is 0.587 bits per heavy atom. The number of hydrogen-bond donors (Lipinski definition) is 0. The number of benzene rings is 12. The molecule has 0 unspecified atom stereocenters. The monoisotopic (exact) mass is 951 g/mol. The van der Waals surface area contributed by atoms with Crippen LogP contribution in [0, 0.1) is 0 Å². The molecule has 1 heteroatoms. The molecule has 0 fully saturated rings. The van der Waals surface area contributed by atoms with Gasteiger partial charge in [-0.25, -0.2) is 0 Å². The van der Waals surface area contributed by atoms with E-state index in [4.69, 9.17) is 0 Å². The summed E-state index contributed by atoms with van der Waals surface area (Å²) in [7, 11) is 0. The first-order valence-electron chi connectivity index (χ1n) is 26.2. The standard InChI is InChI=1S/C74H49N/c1-5-25-50(26-6-1)55-33-13-14-37-61(55)71-56(51-27-7-2-8-28-51)39-23-45-69(71)75(70-46-24-44-67-72(70)62-38-18-22-43-66(62)73(67,52-29-9-3-10-30-52)53-31-11-4-12-32-53)54-47-48-60-59-36-17-21-42-65(59)74(68(60)49-54)63-40-19-15-34-57(63)58-35-16-20-41-64(58)74/h1-49H. The van der Waals surface area contributed by atoms with Gasteiger partial charge in [0.25, 0.3) is 0 Å². The van der Waals surface area contributed by atoms with Crippen LogP contribution in [0.15, 0.2) is 297 Å². The smallest absolute Gasteiger partial charge is 0.0726 e. The first-order chi connectivity index (χ1) is 37.3. The van der Waals surface area contributed by atoms with Crippen LogP contribution in [0.25, 0.3) is 66.8 Å². The number of nitrogens with zero attached hydrogens (tertiary/aromatic N) is 1. The third-order valence-electron chi connectivity index (χ3n) is 16.6. The second-order valence-electron chi connectivity index (χ2n) is 20.2. The number of fused-ring (bicyclic) bond motifs is 13. The van der Waals surface area contributed by atoms with Crippen LogP contribution in [0.4, 0.5) is 17.1 Å². The van der Waals surface area contributed by atoms with Crippen molar-refractivity contribution in [3.63, 3.8) is 0 Å². The van der Waals surface area contributed by atoms with Crippen LogP contribution in [0.5, 0.6) is 0 Å². The van der Waals surface area contributed by atoms with Gasteiger partial charge in [0.05, 0.1) is 22.2 Å². The molecule has 15 rings (SSSR count). The summed E-state index contributed by atoms with van der Waals surface area (Å²) in [6.45, 7) is 0. The van der Waals surface area contributed by atoms with Crippen LogP contribution >= 0.6 is 0 Å². The first-order valence-corrected chi connectivity index (χ1v) is 26.2. The largest absolute Gasteiger partial charge is 0.309 e. The second kappa shape index (κ2) is 17.0. The van der Waals surface area contributed by atoms with Crippen molar-refractivity contribution in [1.82, 2.24) is 0 Å². The van der Waals surface area contributed by atoms with Crippen molar-refractivity contribution >= 4 is 17.1 Å². The fraction of sp³-hybridized carbons (Fsp3) is 0.0270. The molecule has 12 aromatic rings. The molecule has 0 radical (unpaired) electrons. The summed E-state index contributed by atoms with van der Waals surface area (Å²) >= 11 is 0. The third-order valence-corrected chi connectivity index (χ3v) is 16.6. The Balaban J connectivity index is 1.09. The van der Waals surface area contributed by atoms with Gasteiger partial charge in [0, 0.05) is 16.8 Å². The van der Waals surface area contributed by atoms with Crippen molar-refractivity contribution in [2.75, 3.05) is 4.90 Å². The molecule has 12 aromatic carbocycles. The molecule has 0 amide bonds. The number of hydrogen-bond acceptors (Lipinski definition) is 1. The minimum atomic E-state index is -0.592. The normalized spacial score (nSPS) is 13.5. The molecular weight excluding hydrogens is 903 g/mol. The van der Waals surface area contributed by atoms with E-state index >= 15 is 0 Å². The number of anilines is 3. The molecule has 3 aliphatic carbocycles. The average molecular weight is 952 g/mol. The van der Waals surface area contributed by atoms with E-state index in [-0.39, 0.29) is 0 Å². The predicted octanol–water partition coefficient (Wildman–Crippen LogP) is 18.9. The molecule has 1 spiro atoms. The predicted molar refractivity (Wildman–Crippen MR) is 311 cm³/mol. The van der Waals surface area contributed by atoms with Crippen LogP contribution < -0.4 is 4.90 Å². The molecule has 1 nitrogen and oxygen atoms in total. The highest BCUT2D eigenvalue weighted by Crippen LogP contribution is 2.65.